The highest BCUT2D eigenvalue weighted by Crippen LogP contribution is 2.22. The molecule has 7 heteroatoms. The van der Waals surface area contributed by atoms with E-state index in [1.807, 2.05) is 0 Å². The second-order valence-electron chi connectivity index (χ2n) is 3.12. The lowest BCUT2D eigenvalue weighted by molar-refractivity contribution is 0.0661. The van der Waals surface area contributed by atoms with Gasteiger partial charge in [0.05, 0.1) is 0 Å². The molecule has 0 radical (unpaired) electrons. The molecule has 6 nitrogen and oxygen atoms in total. The van der Waals surface area contributed by atoms with Crippen LogP contribution in [0.25, 0.3) is 0 Å². The van der Waals surface area contributed by atoms with Crippen LogP contribution < -0.4 is 0 Å². The Morgan fingerprint density at radius 2 is 2.00 bits per heavy atom. The minimum absolute atomic E-state index is 0.0705. The maximum absolute atomic E-state index is 11.7. The number of carboxylic acids is 1. The van der Waals surface area contributed by atoms with Gasteiger partial charge < -0.3 is 9.52 Å². The topological polar surface area (TPSA) is 87.8 Å². The molecule has 0 unspecified atom stereocenters. The minimum Gasteiger partial charge on any atom is -0.475 e. The summed E-state index contributed by atoms with van der Waals surface area (Å²) < 4.78 is 29.1. The second kappa shape index (κ2) is 3.67. The Labute approximate surface area is 87.2 Å². The van der Waals surface area contributed by atoms with Gasteiger partial charge in [0, 0.05) is 20.2 Å². The van der Waals surface area contributed by atoms with Crippen LogP contribution in [0.2, 0.25) is 0 Å². The van der Waals surface area contributed by atoms with Gasteiger partial charge in [-0.15, -0.1) is 0 Å². The number of carbonyl (C=O) groups is 1. The number of sulfonamides is 1. The Kier molecular flexibility index (Phi) is 2.87. The number of furan rings is 1. The van der Waals surface area contributed by atoms with E-state index in [-0.39, 0.29) is 16.4 Å². The largest absolute Gasteiger partial charge is 0.475 e. The molecular weight excluding hydrogens is 222 g/mol. The molecule has 1 aromatic heterocycles. The lowest BCUT2D eigenvalue weighted by Crippen LogP contribution is -2.22. The van der Waals surface area contributed by atoms with E-state index < -0.39 is 16.0 Å². The monoisotopic (exact) mass is 233 g/mol. The fourth-order valence-electron chi connectivity index (χ4n) is 1.02. The van der Waals surface area contributed by atoms with Crippen LogP contribution in [-0.4, -0.2) is 37.9 Å². The molecule has 84 valence electrons. The van der Waals surface area contributed by atoms with Gasteiger partial charge in [0.2, 0.25) is 15.8 Å². The number of aromatic carboxylic acids is 1. The fourth-order valence-corrected chi connectivity index (χ4v) is 2.08. The van der Waals surface area contributed by atoms with Crippen molar-refractivity contribution in [1.82, 2.24) is 4.31 Å². The van der Waals surface area contributed by atoms with E-state index in [2.05, 4.69) is 0 Å². The molecule has 1 aromatic rings. The number of nitrogens with zero attached hydrogens (tertiary/aromatic N) is 1. The molecule has 1 heterocycles. The Morgan fingerprint density at radius 3 is 2.33 bits per heavy atom. The standard InChI is InChI=1S/C8H11NO5S/c1-5-7(15(12,13)9(2)3)4-6(14-5)8(10)11/h4H,1-3H3,(H,10,11). The summed E-state index contributed by atoms with van der Waals surface area (Å²) in [7, 11) is -0.917. The van der Waals surface area contributed by atoms with E-state index in [1.165, 1.54) is 21.0 Å². The van der Waals surface area contributed by atoms with Crippen molar-refractivity contribution < 1.29 is 22.7 Å². The summed E-state index contributed by atoms with van der Waals surface area (Å²) in [6.45, 7) is 1.41. The number of hydrogen-bond donors (Lipinski definition) is 1. The third kappa shape index (κ3) is 2.02. The Bertz CT molecular complexity index is 485. The van der Waals surface area contributed by atoms with Crippen LogP contribution in [0, 0.1) is 6.92 Å². The number of carboxylic acid groups (broad SMARTS) is 1. The molecule has 0 bridgehead atoms. The molecule has 0 fully saturated rings. The maximum atomic E-state index is 11.7. The van der Waals surface area contributed by atoms with Crippen molar-refractivity contribution in [3.05, 3.63) is 17.6 Å². The van der Waals surface area contributed by atoms with Gasteiger partial charge in [-0.05, 0) is 6.92 Å². The molecule has 15 heavy (non-hydrogen) atoms. The number of rotatable bonds is 3. The van der Waals surface area contributed by atoms with Crippen molar-refractivity contribution in [1.29, 1.82) is 0 Å². The first-order valence-corrected chi connectivity index (χ1v) is 5.47. The Balaban J connectivity index is 3.34. The van der Waals surface area contributed by atoms with Gasteiger partial charge in [-0.2, -0.15) is 0 Å². The Hall–Kier alpha value is -1.34. The molecule has 0 atom stereocenters. The third-order valence-electron chi connectivity index (χ3n) is 1.84. The first kappa shape index (κ1) is 11.7. The van der Waals surface area contributed by atoms with E-state index in [9.17, 15) is 13.2 Å². The smallest absolute Gasteiger partial charge is 0.371 e. The van der Waals surface area contributed by atoms with Crippen molar-refractivity contribution in [2.45, 2.75) is 11.8 Å². The van der Waals surface area contributed by atoms with Crippen molar-refractivity contribution >= 4 is 16.0 Å². The molecule has 1 rings (SSSR count). The molecule has 0 aliphatic heterocycles. The molecule has 0 saturated heterocycles. The summed E-state index contributed by atoms with van der Waals surface area (Å²) in [5, 5.41) is 8.62. The molecule has 0 spiro atoms. The average molecular weight is 233 g/mol. The van der Waals surface area contributed by atoms with Gasteiger partial charge in [-0.3, -0.25) is 0 Å². The summed E-state index contributed by atoms with van der Waals surface area (Å²) in [5.41, 5.74) is 0. The van der Waals surface area contributed by atoms with Crippen molar-refractivity contribution in [2.75, 3.05) is 14.1 Å². The van der Waals surface area contributed by atoms with Crippen LogP contribution in [0.15, 0.2) is 15.4 Å². The van der Waals surface area contributed by atoms with Crippen LogP contribution in [0.1, 0.15) is 16.3 Å². The lowest BCUT2D eigenvalue weighted by atomic mass is 10.4. The molecule has 0 saturated carbocycles. The molecular formula is C8H11NO5S. The molecule has 0 aliphatic carbocycles. The summed E-state index contributed by atoms with van der Waals surface area (Å²) in [6, 6.07) is 1.01. The highest BCUT2D eigenvalue weighted by molar-refractivity contribution is 7.89. The quantitative estimate of drug-likeness (QED) is 0.823. The highest BCUT2D eigenvalue weighted by atomic mass is 32.2. The van der Waals surface area contributed by atoms with Gasteiger partial charge >= 0.3 is 5.97 Å². The zero-order valence-electron chi connectivity index (χ0n) is 8.51. The van der Waals surface area contributed by atoms with Gasteiger partial charge in [0.15, 0.2) is 0 Å². The lowest BCUT2D eigenvalue weighted by Gasteiger charge is -2.09. The van der Waals surface area contributed by atoms with Gasteiger partial charge in [0.25, 0.3) is 0 Å². The first-order valence-electron chi connectivity index (χ1n) is 4.03. The summed E-state index contributed by atoms with van der Waals surface area (Å²) in [5.74, 6) is -1.60. The molecule has 0 amide bonds. The van der Waals surface area contributed by atoms with E-state index in [1.54, 1.807) is 0 Å². The first-order chi connectivity index (χ1) is 6.76. The van der Waals surface area contributed by atoms with Crippen LogP contribution in [-0.2, 0) is 10.0 Å². The Morgan fingerprint density at radius 1 is 1.47 bits per heavy atom. The predicted molar refractivity (Wildman–Crippen MR) is 51.3 cm³/mol. The summed E-state index contributed by atoms with van der Waals surface area (Å²) in [6.07, 6.45) is 0. The van der Waals surface area contributed by atoms with Gasteiger partial charge in [-0.25, -0.2) is 17.5 Å². The number of aryl methyl sites for hydroxylation is 1. The molecule has 1 N–H and O–H groups in total. The fraction of sp³-hybridized carbons (Fsp3) is 0.375. The van der Waals surface area contributed by atoms with Crippen LogP contribution in [0.3, 0.4) is 0 Å². The third-order valence-corrected chi connectivity index (χ3v) is 3.76. The van der Waals surface area contributed by atoms with E-state index >= 15 is 0 Å². The average Bonchev–Trinajstić information content (AvgIpc) is 2.47. The second-order valence-corrected chi connectivity index (χ2v) is 5.24. The van der Waals surface area contributed by atoms with Gasteiger partial charge in [-0.1, -0.05) is 0 Å². The van der Waals surface area contributed by atoms with Crippen molar-refractivity contribution in [3.63, 3.8) is 0 Å². The predicted octanol–water partition coefficient (Wildman–Crippen LogP) is 0.537. The SMILES string of the molecule is Cc1oc(C(=O)O)cc1S(=O)(=O)N(C)C. The van der Waals surface area contributed by atoms with Crippen LogP contribution in [0.4, 0.5) is 0 Å². The van der Waals surface area contributed by atoms with Gasteiger partial charge in [0.1, 0.15) is 10.7 Å². The number of hydrogen-bond acceptors (Lipinski definition) is 4. The zero-order chi connectivity index (χ0) is 11.8. The van der Waals surface area contributed by atoms with Crippen LogP contribution in [0.5, 0.6) is 0 Å². The highest BCUT2D eigenvalue weighted by Gasteiger charge is 2.25. The van der Waals surface area contributed by atoms with Crippen LogP contribution >= 0.6 is 0 Å². The normalized spacial score (nSPS) is 12.0. The van der Waals surface area contributed by atoms with E-state index in [4.69, 9.17) is 9.52 Å². The molecule has 0 aliphatic rings. The van der Waals surface area contributed by atoms with Crippen molar-refractivity contribution in [3.8, 4) is 0 Å². The maximum Gasteiger partial charge on any atom is 0.371 e. The molecule has 0 aromatic carbocycles. The minimum atomic E-state index is -3.64. The van der Waals surface area contributed by atoms with E-state index in [0.29, 0.717) is 0 Å². The zero-order valence-corrected chi connectivity index (χ0v) is 9.33. The van der Waals surface area contributed by atoms with Crippen molar-refractivity contribution in [2.24, 2.45) is 0 Å². The summed E-state index contributed by atoms with van der Waals surface area (Å²) in [4.78, 5) is 10.4. The summed E-state index contributed by atoms with van der Waals surface area (Å²) >= 11 is 0. The van der Waals surface area contributed by atoms with E-state index in [0.717, 1.165) is 10.4 Å².